The van der Waals surface area contributed by atoms with Crippen molar-refractivity contribution >= 4 is 39.6 Å². The van der Waals surface area contributed by atoms with Crippen molar-refractivity contribution in [3.05, 3.63) is 71.9 Å². The number of aromatic nitrogens is 1. The van der Waals surface area contributed by atoms with Crippen molar-refractivity contribution < 1.29 is 0 Å². The summed E-state index contributed by atoms with van der Waals surface area (Å²) in [4.78, 5) is 9.59. The van der Waals surface area contributed by atoms with Crippen molar-refractivity contribution in [1.29, 1.82) is 0 Å². The topological polar surface area (TPSA) is 71.4 Å². The van der Waals surface area contributed by atoms with E-state index < -0.39 is 0 Å². The van der Waals surface area contributed by atoms with Crippen LogP contribution in [-0.2, 0) is 0 Å². The Morgan fingerprint density at radius 3 is 2.45 bits per heavy atom. The Morgan fingerprint density at radius 1 is 1.03 bits per heavy atom. The number of nitrogens with zero attached hydrogens (tertiary/aromatic N) is 3. The second kappa shape index (κ2) is 9.75. The number of rotatable bonds is 7. The van der Waals surface area contributed by atoms with E-state index in [4.69, 9.17) is 28.1 Å². The summed E-state index contributed by atoms with van der Waals surface area (Å²) >= 11 is 6.64. The van der Waals surface area contributed by atoms with Gasteiger partial charge in [0.05, 0.1) is 21.9 Å². The number of piperazine rings is 1. The molecule has 3 aromatic rings. The van der Waals surface area contributed by atoms with Gasteiger partial charge in [0, 0.05) is 54.2 Å². The van der Waals surface area contributed by atoms with Crippen LogP contribution in [-0.4, -0.2) is 41.0 Å². The molecule has 2 heterocycles. The van der Waals surface area contributed by atoms with Crippen molar-refractivity contribution in [3.63, 3.8) is 0 Å². The molecular weight excluding hydrogens is 430 g/mol. The smallest absolute Gasteiger partial charge is 0.0955 e. The number of unbranched alkanes of at least 4 members (excludes halogenated alkanes) is 1. The Balaban J connectivity index is 1.57. The molecule has 2 aromatic carbocycles. The summed E-state index contributed by atoms with van der Waals surface area (Å²) in [6, 6.07) is 13.6. The Morgan fingerprint density at radius 2 is 1.76 bits per heavy atom. The third-order valence-electron chi connectivity index (χ3n) is 6.38. The molecule has 0 unspecified atom stereocenters. The first-order valence-corrected chi connectivity index (χ1v) is 11.9. The predicted molar refractivity (Wildman–Crippen MR) is 142 cm³/mol. The minimum Gasteiger partial charge on any atom is -0.399 e. The molecule has 5 nitrogen and oxygen atoms in total. The molecule has 33 heavy (non-hydrogen) atoms. The van der Waals surface area contributed by atoms with Gasteiger partial charge in [0.25, 0.3) is 0 Å². The zero-order valence-corrected chi connectivity index (χ0v) is 20.0. The average molecular weight is 462 g/mol. The van der Waals surface area contributed by atoms with E-state index in [-0.39, 0.29) is 0 Å². The van der Waals surface area contributed by atoms with Gasteiger partial charge in [0.2, 0.25) is 0 Å². The molecule has 0 spiro atoms. The van der Waals surface area contributed by atoms with Crippen molar-refractivity contribution in [2.45, 2.75) is 26.2 Å². The van der Waals surface area contributed by atoms with Gasteiger partial charge in [0.1, 0.15) is 0 Å². The van der Waals surface area contributed by atoms with E-state index in [1.54, 1.807) is 0 Å². The van der Waals surface area contributed by atoms with Crippen LogP contribution in [0.15, 0.2) is 61.3 Å². The first-order chi connectivity index (χ1) is 15.9. The summed E-state index contributed by atoms with van der Waals surface area (Å²) in [6.07, 6.45) is 3.47. The summed E-state index contributed by atoms with van der Waals surface area (Å²) < 4.78 is 0. The van der Waals surface area contributed by atoms with Gasteiger partial charge in [-0.3, -0.25) is 0 Å². The second-order valence-corrected chi connectivity index (χ2v) is 9.01. The van der Waals surface area contributed by atoms with E-state index in [1.165, 1.54) is 18.5 Å². The van der Waals surface area contributed by atoms with Gasteiger partial charge < -0.3 is 21.3 Å². The molecule has 0 bridgehead atoms. The molecule has 0 amide bonds. The summed E-state index contributed by atoms with van der Waals surface area (Å²) in [5, 5.41) is 1.34. The van der Waals surface area contributed by atoms with Crippen molar-refractivity contribution in [1.82, 2.24) is 14.8 Å². The van der Waals surface area contributed by atoms with Crippen LogP contribution in [0.4, 0.5) is 11.4 Å². The third-order valence-corrected chi connectivity index (χ3v) is 6.79. The molecule has 6 heteroatoms. The second-order valence-electron chi connectivity index (χ2n) is 8.64. The lowest BCUT2D eigenvalue weighted by atomic mass is 10.0. The summed E-state index contributed by atoms with van der Waals surface area (Å²) in [5.41, 5.74) is 19.0. The highest BCUT2D eigenvalue weighted by molar-refractivity contribution is 6.38. The lowest BCUT2D eigenvalue weighted by Gasteiger charge is -2.39. The van der Waals surface area contributed by atoms with Gasteiger partial charge in [-0.1, -0.05) is 62.4 Å². The number of hydrogen-bond donors (Lipinski definition) is 2. The van der Waals surface area contributed by atoms with E-state index >= 15 is 0 Å². The fourth-order valence-corrected chi connectivity index (χ4v) is 4.59. The fraction of sp³-hybridized carbons (Fsp3) is 0.296. The van der Waals surface area contributed by atoms with Gasteiger partial charge in [-0.2, -0.15) is 0 Å². The number of pyridine rings is 1. The summed E-state index contributed by atoms with van der Waals surface area (Å²) in [6.45, 7) is 14.7. The van der Waals surface area contributed by atoms with Crippen LogP contribution in [0.2, 0.25) is 5.02 Å². The Hall–Kier alpha value is -3.18. The van der Waals surface area contributed by atoms with Crippen LogP contribution >= 0.6 is 11.6 Å². The molecule has 172 valence electrons. The zero-order valence-electron chi connectivity index (χ0n) is 19.3. The lowest BCUT2D eigenvalue weighted by molar-refractivity contribution is 0.209. The third kappa shape index (κ3) is 4.79. The number of nitrogens with two attached hydrogens (primary N) is 2. The molecule has 1 aliphatic heterocycles. The van der Waals surface area contributed by atoms with Crippen LogP contribution < -0.4 is 11.5 Å². The van der Waals surface area contributed by atoms with Gasteiger partial charge in [-0.05, 0) is 36.6 Å². The van der Waals surface area contributed by atoms with Crippen molar-refractivity contribution in [3.8, 4) is 11.3 Å². The molecule has 1 aromatic heterocycles. The van der Waals surface area contributed by atoms with Crippen molar-refractivity contribution in [2.24, 2.45) is 0 Å². The number of halogens is 1. The Bertz CT molecular complexity index is 1190. The Labute approximate surface area is 201 Å². The van der Waals surface area contributed by atoms with E-state index in [0.717, 1.165) is 60.3 Å². The molecule has 4 N–H and O–H groups in total. The highest BCUT2D eigenvalue weighted by Gasteiger charge is 2.20. The first-order valence-electron chi connectivity index (χ1n) is 11.5. The number of benzene rings is 2. The summed E-state index contributed by atoms with van der Waals surface area (Å²) in [7, 11) is 0. The van der Waals surface area contributed by atoms with E-state index in [2.05, 4.69) is 29.9 Å². The highest BCUT2D eigenvalue weighted by Crippen LogP contribution is 2.37. The number of anilines is 2. The maximum Gasteiger partial charge on any atom is 0.0955 e. The van der Waals surface area contributed by atoms with Gasteiger partial charge in [-0.15, -0.1) is 0 Å². The minimum absolute atomic E-state index is 0.459. The van der Waals surface area contributed by atoms with Gasteiger partial charge in [0.15, 0.2) is 0 Å². The number of nitrogen functional groups attached to an aromatic ring is 2. The van der Waals surface area contributed by atoms with Crippen molar-refractivity contribution in [2.75, 3.05) is 37.6 Å². The zero-order chi connectivity index (χ0) is 23.5. The quantitative estimate of drug-likeness (QED) is 0.421. The molecule has 0 atom stereocenters. The van der Waals surface area contributed by atoms with Crippen LogP contribution in [0, 0.1) is 0 Å². The maximum atomic E-state index is 6.64. The van der Waals surface area contributed by atoms with Crippen LogP contribution in [0.3, 0.4) is 0 Å². The molecule has 0 saturated carbocycles. The molecule has 1 saturated heterocycles. The molecule has 1 fully saturated rings. The van der Waals surface area contributed by atoms with E-state index in [0.29, 0.717) is 22.1 Å². The maximum absolute atomic E-state index is 6.64. The van der Waals surface area contributed by atoms with Gasteiger partial charge >= 0.3 is 0 Å². The largest absolute Gasteiger partial charge is 0.399 e. The lowest BCUT2D eigenvalue weighted by Crippen LogP contribution is -2.44. The molecule has 4 rings (SSSR count). The summed E-state index contributed by atoms with van der Waals surface area (Å²) in [5.74, 6) is 0. The predicted octanol–water partition coefficient (Wildman–Crippen LogP) is 6.01. The SMILES string of the molecule is C=C(CCCC)N1CCN(C(=C)c2ccc3c(Cl)c(N)c(-c4cccc(N)c4)nc3c2)CC1. The van der Waals surface area contributed by atoms with E-state index in [9.17, 15) is 0 Å². The normalized spacial score (nSPS) is 14.0. The molecule has 1 aliphatic rings. The molecule has 0 aliphatic carbocycles. The highest BCUT2D eigenvalue weighted by atomic mass is 35.5. The first kappa shape index (κ1) is 23.0. The average Bonchev–Trinajstić information content (AvgIpc) is 2.84. The minimum atomic E-state index is 0.459. The van der Waals surface area contributed by atoms with Crippen LogP contribution in [0.25, 0.3) is 27.9 Å². The number of allylic oxidation sites excluding steroid dienone is 1. The van der Waals surface area contributed by atoms with Gasteiger partial charge in [-0.25, -0.2) is 4.98 Å². The molecule has 0 radical (unpaired) electrons. The van der Waals surface area contributed by atoms with Crippen LogP contribution in [0.5, 0.6) is 0 Å². The standard InChI is InChI=1S/C27H32ClN5/c1-4-5-7-18(2)32-12-14-33(15-13-32)19(3)20-10-11-23-24(17-20)31-27(26(30)25(23)28)21-8-6-9-22(29)16-21/h6,8-11,16-17H,2-5,7,12-15,29-30H2,1H3. The fourth-order valence-electron chi connectivity index (χ4n) is 4.34. The monoisotopic (exact) mass is 461 g/mol. The Kier molecular flexibility index (Phi) is 6.80. The molecular formula is C27H32ClN5. The number of hydrogen-bond acceptors (Lipinski definition) is 5. The van der Waals surface area contributed by atoms with Crippen LogP contribution in [0.1, 0.15) is 31.7 Å². The van der Waals surface area contributed by atoms with E-state index in [1.807, 2.05) is 42.5 Å². The number of fused-ring (bicyclic) bond motifs is 1.